The summed E-state index contributed by atoms with van der Waals surface area (Å²) in [5, 5.41) is 10.2. The Morgan fingerprint density at radius 3 is 2.50 bits per heavy atom. The number of carbonyl (C=O) groups excluding carboxylic acids is 3. The summed E-state index contributed by atoms with van der Waals surface area (Å²) in [6, 6.07) is 5.64. The van der Waals surface area contributed by atoms with Crippen LogP contribution < -0.4 is 11.1 Å². The van der Waals surface area contributed by atoms with Gasteiger partial charge in [0, 0.05) is 12.5 Å². The first-order chi connectivity index (χ1) is 14.0. The average Bonchev–Trinajstić information content (AvgIpc) is 2.69. The van der Waals surface area contributed by atoms with Crippen LogP contribution in [-0.4, -0.2) is 66.0 Å². The molecule has 3 atom stereocenters. The quantitative estimate of drug-likeness (QED) is 0.360. The molecule has 2 aliphatic heterocycles. The van der Waals surface area contributed by atoms with Crippen molar-refractivity contribution in [3.05, 3.63) is 47.2 Å². The number of carboxylic acid groups (broad SMARTS) is 1. The second-order valence-electron chi connectivity index (χ2n) is 6.82. The van der Waals surface area contributed by atoms with Crippen molar-refractivity contribution in [3.8, 4) is 0 Å². The number of β-lactam (4-membered cyclic amide) rings is 1. The van der Waals surface area contributed by atoms with Crippen molar-refractivity contribution in [2.45, 2.75) is 24.4 Å². The lowest BCUT2D eigenvalue weighted by Crippen LogP contribution is -2.75. The van der Waals surface area contributed by atoms with E-state index >= 15 is 0 Å². The predicted octanol–water partition coefficient (Wildman–Crippen LogP) is -1.33. The summed E-state index contributed by atoms with van der Waals surface area (Å²) in [6.45, 7) is 0.500. The van der Waals surface area contributed by atoms with Crippen molar-refractivity contribution in [3.63, 3.8) is 0 Å². The standard InChI is InChI=1S/C18H19N3O8S/c1-9(22)29-7-11-8-30(27,28)17-13(16(24)21(17)14(11)18(25)26)20-15(23)12(19)10-5-3-2-4-6-10/h2-6,12-13,17H,7-8,19H2,1H3,(H,20,23)(H,25,26)/t12?,13-,17-/m0/s1. The topological polar surface area (TPSA) is 173 Å². The van der Waals surface area contributed by atoms with Crippen LogP contribution in [0.2, 0.25) is 0 Å². The molecule has 0 aliphatic carbocycles. The minimum atomic E-state index is -4.07. The van der Waals surface area contributed by atoms with Crippen LogP contribution in [0.1, 0.15) is 18.5 Å². The van der Waals surface area contributed by atoms with E-state index in [9.17, 15) is 32.7 Å². The van der Waals surface area contributed by atoms with Crippen LogP contribution in [0.25, 0.3) is 0 Å². The van der Waals surface area contributed by atoms with Gasteiger partial charge >= 0.3 is 11.9 Å². The summed E-state index contributed by atoms with van der Waals surface area (Å²) in [7, 11) is -4.07. The first kappa shape index (κ1) is 21.5. The zero-order chi connectivity index (χ0) is 22.2. The molecule has 1 aromatic carbocycles. The van der Waals surface area contributed by atoms with Crippen molar-refractivity contribution in [1.29, 1.82) is 0 Å². The molecule has 0 spiro atoms. The molecule has 1 fully saturated rings. The van der Waals surface area contributed by atoms with Gasteiger partial charge in [-0.25, -0.2) is 13.2 Å². The normalized spacial score (nSPS) is 23.1. The van der Waals surface area contributed by atoms with Gasteiger partial charge in [-0.15, -0.1) is 0 Å². The fourth-order valence-corrected chi connectivity index (χ4v) is 5.38. The molecular weight excluding hydrogens is 418 g/mol. The lowest BCUT2D eigenvalue weighted by molar-refractivity contribution is -0.151. The number of hydrogen-bond donors (Lipinski definition) is 3. The van der Waals surface area contributed by atoms with Crippen LogP contribution in [0.4, 0.5) is 0 Å². The first-order valence-electron chi connectivity index (χ1n) is 8.79. The Morgan fingerprint density at radius 2 is 1.93 bits per heavy atom. The highest BCUT2D eigenvalue weighted by molar-refractivity contribution is 7.92. The molecule has 0 bridgehead atoms. The molecule has 2 heterocycles. The van der Waals surface area contributed by atoms with Crippen molar-refractivity contribution < 1.29 is 37.4 Å². The van der Waals surface area contributed by atoms with Crippen molar-refractivity contribution >= 4 is 33.6 Å². The fraction of sp³-hybridized carbons (Fsp3) is 0.333. The number of nitrogens with one attached hydrogen (secondary N) is 1. The summed E-state index contributed by atoms with van der Waals surface area (Å²) in [6.07, 6.45) is 0. The molecule has 2 aliphatic rings. The Hall–Kier alpha value is -3.25. The Balaban J connectivity index is 1.86. The lowest BCUT2D eigenvalue weighted by Gasteiger charge is -2.49. The molecule has 12 heteroatoms. The fourth-order valence-electron chi connectivity index (χ4n) is 3.38. The number of carbonyl (C=O) groups is 4. The van der Waals surface area contributed by atoms with Crippen LogP contribution in [-0.2, 0) is 33.8 Å². The van der Waals surface area contributed by atoms with Gasteiger partial charge in [0.1, 0.15) is 24.4 Å². The molecule has 4 N–H and O–H groups in total. The molecule has 1 aromatic rings. The molecule has 11 nitrogen and oxygen atoms in total. The van der Waals surface area contributed by atoms with E-state index in [0.29, 0.717) is 10.5 Å². The Morgan fingerprint density at radius 1 is 1.30 bits per heavy atom. The number of ether oxygens (including phenoxy) is 1. The van der Waals surface area contributed by atoms with E-state index in [1.165, 1.54) is 0 Å². The van der Waals surface area contributed by atoms with E-state index in [0.717, 1.165) is 6.92 Å². The zero-order valence-electron chi connectivity index (χ0n) is 15.8. The van der Waals surface area contributed by atoms with Crippen LogP contribution in [0.5, 0.6) is 0 Å². The van der Waals surface area contributed by atoms with Crippen molar-refractivity contribution in [2.24, 2.45) is 5.73 Å². The number of nitrogens with two attached hydrogens (primary N) is 1. The van der Waals surface area contributed by atoms with Gasteiger partial charge in [0.2, 0.25) is 5.91 Å². The summed E-state index contributed by atoms with van der Waals surface area (Å²) >= 11 is 0. The number of amides is 2. The van der Waals surface area contributed by atoms with Gasteiger partial charge in [0.15, 0.2) is 15.2 Å². The summed E-state index contributed by atoms with van der Waals surface area (Å²) in [4.78, 5) is 48.3. The van der Waals surface area contributed by atoms with Gasteiger partial charge in [-0.05, 0) is 5.56 Å². The molecule has 30 heavy (non-hydrogen) atoms. The van der Waals surface area contributed by atoms with Gasteiger partial charge in [0.05, 0.1) is 5.75 Å². The number of hydrogen-bond acceptors (Lipinski definition) is 8. The highest BCUT2D eigenvalue weighted by Crippen LogP contribution is 2.37. The molecule has 3 rings (SSSR count). The van der Waals surface area contributed by atoms with Crippen LogP contribution >= 0.6 is 0 Å². The van der Waals surface area contributed by atoms with Gasteiger partial charge in [-0.3, -0.25) is 19.3 Å². The monoisotopic (exact) mass is 437 g/mol. The number of rotatable bonds is 6. The number of benzene rings is 1. The second-order valence-corrected chi connectivity index (χ2v) is 8.92. The molecule has 2 amide bonds. The molecule has 0 aromatic heterocycles. The Labute approximate surface area is 171 Å². The minimum Gasteiger partial charge on any atom is -0.477 e. The van der Waals surface area contributed by atoms with Gasteiger partial charge < -0.3 is 20.9 Å². The maximum absolute atomic E-state index is 12.7. The van der Waals surface area contributed by atoms with Crippen LogP contribution in [0.15, 0.2) is 41.6 Å². The molecule has 1 saturated heterocycles. The van der Waals surface area contributed by atoms with Gasteiger partial charge in [-0.1, -0.05) is 30.3 Å². The molecule has 160 valence electrons. The van der Waals surface area contributed by atoms with Crippen molar-refractivity contribution in [2.75, 3.05) is 12.4 Å². The highest BCUT2D eigenvalue weighted by atomic mass is 32.2. The number of esters is 1. The minimum absolute atomic E-state index is 0.229. The lowest BCUT2D eigenvalue weighted by atomic mass is 10.0. The van der Waals surface area contributed by atoms with Crippen LogP contribution in [0.3, 0.4) is 0 Å². The highest BCUT2D eigenvalue weighted by Gasteiger charge is 2.60. The van der Waals surface area contributed by atoms with E-state index in [1.54, 1.807) is 30.3 Å². The number of sulfone groups is 1. The second kappa shape index (κ2) is 7.88. The molecule has 0 radical (unpaired) electrons. The maximum atomic E-state index is 12.7. The maximum Gasteiger partial charge on any atom is 0.352 e. The summed E-state index contributed by atoms with van der Waals surface area (Å²) in [5.41, 5.74) is 5.53. The molecule has 0 saturated carbocycles. The third kappa shape index (κ3) is 3.78. The molecular formula is C18H19N3O8S. The van der Waals surface area contributed by atoms with Crippen molar-refractivity contribution in [1.82, 2.24) is 10.2 Å². The van der Waals surface area contributed by atoms with Gasteiger partial charge in [0.25, 0.3) is 5.91 Å². The Bertz CT molecular complexity index is 1050. The van der Waals surface area contributed by atoms with E-state index in [-0.39, 0.29) is 5.57 Å². The largest absolute Gasteiger partial charge is 0.477 e. The first-order valence-corrected chi connectivity index (χ1v) is 10.5. The summed E-state index contributed by atoms with van der Waals surface area (Å²) < 4.78 is 30.1. The Kier molecular flexibility index (Phi) is 5.63. The average molecular weight is 437 g/mol. The third-order valence-corrected chi connectivity index (χ3v) is 6.72. The van der Waals surface area contributed by atoms with E-state index in [2.05, 4.69) is 5.32 Å². The van der Waals surface area contributed by atoms with Crippen LogP contribution in [0, 0.1) is 0 Å². The van der Waals surface area contributed by atoms with E-state index in [1.807, 2.05) is 0 Å². The predicted molar refractivity (Wildman–Crippen MR) is 101 cm³/mol. The number of carboxylic acids is 1. The molecule has 1 unspecified atom stereocenters. The number of nitrogens with zero attached hydrogens (tertiary/aromatic N) is 1. The number of fused-ring (bicyclic) bond motifs is 1. The van der Waals surface area contributed by atoms with Gasteiger partial charge in [-0.2, -0.15) is 0 Å². The summed E-state index contributed by atoms with van der Waals surface area (Å²) in [5.74, 6) is -4.69. The van der Waals surface area contributed by atoms with E-state index < -0.39 is 69.1 Å². The van der Waals surface area contributed by atoms with E-state index in [4.69, 9.17) is 10.5 Å². The zero-order valence-corrected chi connectivity index (χ0v) is 16.6. The smallest absolute Gasteiger partial charge is 0.352 e. The third-order valence-electron chi connectivity index (χ3n) is 4.75. The number of aliphatic carboxylic acids is 1. The SMILES string of the molecule is CC(=O)OCC1=C(C(=O)O)N2C(=O)[C@H](NC(=O)C(N)c3ccccc3)[C@@H]2S(=O)(=O)C1.